The number of piperidine rings is 1. The van der Waals surface area contributed by atoms with E-state index in [1.807, 2.05) is 0 Å². The quantitative estimate of drug-likeness (QED) is 0.631. The molecule has 1 aliphatic rings. The van der Waals surface area contributed by atoms with Crippen molar-refractivity contribution in [2.75, 3.05) is 25.0 Å². The third kappa shape index (κ3) is 5.54. The number of alkyl halides is 3. The summed E-state index contributed by atoms with van der Waals surface area (Å²) in [6, 6.07) is 8.55. The number of carbonyl (C=O) groups is 1. The summed E-state index contributed by atoms with van der Waals surface area (Å²) in [5, 5.41) is 2.86. The second kappa shape index (κ2) is 9.68. The minimum atomic E-state index is -4.45. The Hall–Kier alpha value is -2.30. The molecule has 3 rings (SSSR count). The maximum absolute atomic E-state index is 13.1. The van der Waals surface area contributed by atoms with Gasteiger partial charge in [-0.05, 0) is 62.2 Å². The Labute approximate surface area is 189 Å². The molecular formula is C21H22ClF3N2O4S. The van der Waals surface area contributed by atoms with Crippen LogP contribution in [-0.2, 0) is 21.0 Å². The van der Waals surface area contributed by atoms with Crippen molar-refractivity contribution in [3.63, 3.8) is 0 Å². The van der Waals surface area contributed by atoms with Crippen LogP contribution >= 0.6 is 11.6 Å². The first-order valence-corrected chi connectivity index (χ1v) is 11.7. The van der Waals surface area contributed by atoms with Crippen molar-refractivity contribution in [3.05, 3.63) is 53.1 Å². The van der Waals surface area contributed by atoms with Gasteiger partial charge in [-0.15, -0.1) is 0 Å². The van der Waals surface area contributed by atoms with Crippen LogP contribution in [-0.4, -0.2) is 38.3 Å². The predicted octanol–water partition coefficient (Wildman–Crippen LogP) is 4.80. The number of nitrogens with one attached hydrogen (secondary N) is 1. The molecule has 1 aliphatic heterocycles. The van der Waals surface area contributed by atoms with Crippen LogP contribution in [0.1, 0.15) is 25.3 Å². The number of sulfonamides is 1. The Balaban J connectivity index is 1.64. The largest absolute Gasteiger partial charge is 0.492 e. The standard InChI is InChI=1S/C21H22ClF3N2O4S/c1-2-31-18-8-5-16(22)13-19(18)32(29,30)27-11-9-14(10-12-27)20(28)26-17-6-3-15(4-7-17)21(23,24)25/h3-8,13-14H,2,9-12H2,1H3,(H,26,28). The van der Waals surface area contributed by atoms with Crippen molar-refractivity contribution in [1.82, 2.24) is 4.31 Å². The van der Waals surface area contributed by atoms with Gasteiger partial charge in [0.1, 0.15) is 10.6 Å². The van der Waals surface area contributed by atoms with Crippen molar-refractivity contribution in [2.45, 2.75) is 30.8 Å². The summed E-state index contributed by atoms with van der Waals surface area (Å²) in [5.74, 6) is -0.617. The number of anilines is 1. The molecule has 1 fully saturated rings. The molecule has 0 bridgehead atoms. The fourth-order valence-electron chi connectivity index (χ4n) is 3.44. The molecule has 1 heterocycles. The van der Waals surface area contributed by atoms with Gasteiger partial charge >= 0.3 is 6.18 Å². The van der Waals surface area contributed by atoms with Gasteiger partial charge in [0.05, 0.1) is 12.2 Å². The van der Waals surface area contributed by atoms with E-state index in [1.54, 1.807) is 13.0 Å². The van der Waals surface area contributed by atoms with E-state index in [-0.39, 0.29) is 59.8 Å². The topological polar surface area (TPSA) is 75.7 Å². The molecule has 6 nitrogen and oxygen atoms in total. The van der Waals surface area contributed by atoms with E-state index in [4.69, 9.17) is 16.3 Å². The molecule has 0 spiro atoms. The van der Waals surface area contributed by atoms with Gasteiger partial charge in [0.15, 0.2) is 0 Å². The SMILES string of the molecule is CCOc1ccc(Cl)cc1S(=O)(=O)N1CCC(C(=O)Nc2ccc(C(F)(F)F)cc2)CC1. The first-order valence-electron chi connectivity index (χ1n) is 9.93. The van der Waals surface area contributed by atoms with Gasteiger partial charge in [-0.1, -0.05) is 11.6 Å². The average Bonchev–Trinajstić information content (AvgIpc) is 2.75. The summed E-state index contributed by atoms with van der Waals surface area (Å²) >= 11 is 5.98. The molecule has 0 aliphatic carbocycles. The number of amides is 1. The Morgan fingerprint density at radius 2 is 1.78 bits per heavy atom. The molecule has 174 valence electrons. The zero-order chi connectivity index (χ0) is 23.5. The number of hydrogen-bond acceptors (Lipinski definition) is 4. The van der Waals surface area contributed by atoms with Gasteiger partial charge < -0.3 is 10.1 Å². The van der Waals surface area contributed by atoms with Crippen molar-refractivity contribution < 1.29 is 31.1 Å². The predicted molar refractivity (Wildman–Crippen MR) is 114 cm³/mol. The molecular weight excluding hydrogens is 469 g/mol. The minimum Gasteiger partial charge on any atom is -0.492 e. The lowest BCUT2D eigenvalue weighted by molar-refractivity contribution is -0.137. The van der Waals surface area contributed by atoms with E-state index in [2.05, 4.69) is 5.32 Å². The van der Waals surface area contributed by atoms with Gasteiger partial charge in [0, 0.05) is 29.7 Å². The van der Waals surface area contributed by atoms with E-state index < -0.39 is 27.7 Å². The molecule has 0 atom stereocenters. The van der Waals surface area contributed by atoms with E-state index in [0.717, 1.165) is 12.1 Å². The maximum Gasteiger partial charge on any atom is 0.416 e. The van der Waals surface area contributed by atoms with E-state index in [9.17, 15) is 26.4 Å². The number of ether oxygens (including phenoxy) is 1. The van der Waals surface area contributed by atoms with Crippen LogP contribution in [0.25, 0.3) is 0 Å². The number of carbonyl (C=O) groups excluding carboxylic acids is 1. The van der Waals surface area contributed by atoms with Crippen LogP contribution in [0.2, 0.25) is 5.02 Å². The van der Waals surface area contributed by atoms with E-state index in [1.165, 1.54) is 28.6 Å². The summed E-state index contributed by atoms with van der Waals surface area (Å²) in [7, 11) is -3.88. The fraction of sp³-hybridized carbons (Fsp3) is 0.381. The smallest absolute Gasteiger partial charge is 0.416 e. The van der Waals surface area contributed by atoms with Crippen LogP contribution in [0.5, 0.6) is 5.75 Å². The van der Waals surface area contributed by atoms with Gasteiger partial charge in [-0.25, -0.2) is 8.42 Å². The molecule has 1 N–H and O–H groups in total. The van der Waals surface area contributed by atoms with Crippen molar-refractivity contribution in [2.24, 2.45) is 5.92 Å². The van der Waals surface area contributed by atoms with Gasteiger partial charge in [-0.3, -0.25) is 4.79 Å². The first kappa shape index (κ1) is 24.3. The van der Waals surface area contributed by atoms with Gasteiger partial charge in [0.2, 0.25) is 15.9 Å². The lowest BCUT2D eigenvalue weighted by atomic mass is 9.97. The lowest BCUT2D eigenvalue weighted by Gasteiger charge is -2.31. The summed E-state index contributed by atoms with van der Waals surface area (Å²) < 4.78 is 70.9. The monoisotopic (exact) mass is 490 g/mol. The molecule has 2 aromatic carbocycles. The highest BCUT2D eigenvalue weighted by atomic mass is 35.5. The highest BCUT2D eigenvalue weighted by molar-refractivity contribution is 7.89. The molecule has 1 saturated heterocycles. The average molecular weight is 491 g/mol. The van der Waals surface area contributed by atoms with Gasteiger partial charge in [0.25, 0.3) is 0 Å². The normalized spacial score (nSPS) is 16.0. The number of halogens is 4. The number of hydrogen-bond donors (Lipinski definition) is 1. The number of benzene rings is 2. The summed E-state index contributed by atoms with van der Waals surface area (Å²) in [4.78, 5) is 12.5. The third-order valence-corrected chi connectivity index (χ3v) is 7.28. The summed E-state index contributed by atoms with van der Waals surface area (Å²) in [5.41, 5.74) is -0.556. The molecule has 0 saturated carbocycles. The van der Waals surface area contributed by atoms with Crippen LogP contribution in [0.3, 0.4) is 0 Å². The number of rotatable bonds is 6. The molecule has 1 amide bonds. The molecule has 0 aromatic heterocycles. The molecule has 0 radical (unpaired) electrons. The first-order chi connectivity index (χ1) is 15.0. The highest BCUT2D eigenvalue weighted by Gasteiger charge is 2.34. The summed E-state index contributed by atoms with van der Waals surface area (Å²) in [6.45, 7) is 2.26. The van der Waals surface area contributed by atoms with Crippen molar-refractivity contribution in [3.8, 4) is 5.75 Å². The third-order valence-electron chi connectivity index (χ3n) is 5.13. The summed E-state index contributed by atoms with van der Waals surface area (Å²) in [6.07, 6.45) is -3.90. The number of nitrogens with zero attached hydrogens (tertiary/aromatic N) is 1. The second-order valence-corrected chi connectivity index (χ2v) is 9.61. The van der Waals surface area contributed by atoms with Crippen LogP contribution in [0.15, 0.2) is 47.4 Å². The van der Waals surface area contributed by atoms with Crippen LogP contribution in [0, 0.1) is 5.92 Å². The van der Waals surface area contributed by atoms with Crippen LogP contribution < -0.4 is 10.1 Å². The Morgan fingerprint density at radius 1 is 1.16 bits per heavy atom. The zero-order valence-corrected chi connectivity index (χ0v) is 18.7. The van der Waals surface area contributed by atoms with E-state index in [0.29, 0.717) is 0 Å². The van der Waals surface area contributed by atoms with Gasteiger partial charge in [-0.2, -0.15) is 17.5 Å². The lowest BCUT2D eigenvalue weighted by Crippen LogP contribution is -2.41. The zero-order valence-electron chi connectivity index (χ0n) is 17.2. The maximum atomic E-state index is 13.1. The van der Waals surface area contributed by atoms with Crippen molar-refractivity contribution >= 4 is 33.2 Å². The molecule has 0 unspecified atom stereocenters. The molecule has 11 heteroatoms. The molecule has 32 heavy (non-hydrogen) atoms. The van der Waals surface area contributed by atoms with E-state index >= 15 is 0 Å². The Kier molecular flexibility index (Phi) is 7.36. The van der Waals surface area contributed by atoms with Crippen LogP contribution in [0.4, 0.5) is 18.9 Å². The Morgan fingerprint density at radius 3 is 2.34 bits per heavy atom. The fourth-order valence-corrected chi connectivity index (χ4v) is 5.31. The minimum absolute atomic E-state index is 0.0282. The Bertz CT molecular complexity index is 1070. The molecule has 2 aromatic rings. The van der Waals surface area contributed by atoms with Crippen molar-refractivity contribution in [1.29, 1.82) is 0 Å². The highest BCUT2D eigenvalue weighted by Crippen LogP contribution is 2.33. The second-order valence-electron chi connectivity index (χ2n) is 7.27.